The van der Waals surface area contributed by atoms with Gasteiger partial charge in [0.1, 0.15) is 5.75 Å². The number of hydrazine groups is 1. The molecule has 1 unspecified atom stereocenters. The van der Waals surface area contributed by atoms with Crippen LogP contribution < -0.4 is 16.0 Å². The summed E-state index contributed by atoms with van der Waals surface area (Å²) in [7, 11) is 1.69. The number of ether oxygens (including phenoxy) is 2. The van der Waals surface area contributed by atoms with Crippen LogP contribution in [-0.4, -0.2) is 7.11 Å². The van der Waals surface area contributed by atoms with E-state index in [4.69, 9.17) is 15.3 Å². The Morgan fingerprint density at radius 2 is 2.00 bits per heavy atom. The van der Waals surface area contributed by atoms with Gasteiger partial charge in [0, 0.05) is 0 Å². The highest BCUT2D eigenvalue weighted by Crippen LogP contribution is 2.28. The molecule has 1 heterocycles. The van der Waals surface area contributed by atoms with Crippen LogP contribution in [0.3, 0.4) is 0 Å². The molecule has 0 aliphatic carbocycles. The molecule has 0 spiro atoms. The van der Waals surface area contributed by atoms with Crippen molar-refractivity contribution in [3.63, 3.8) is 0 Å². The first-order valence-electron chi connectivity index (χ1n) is 7.09. The van der Waals surface area contributed by atoms with E-state index in [1.54, 1.807) is 7.11 Å². The Morgan fingerprint density at radius 3 is 2.81 bits per heavy atom. The van der Waals surface area contributed by atoms with E-state index in [2.05, 4.69) is 29.7 Å². The SMILES string of the molecule is COc1ccccc1CC(NN)c1ccc2c(c1)COC2. The Hall–Kier alpha value is -1.88. The third kappa shape index (κ3) is 2.93. The molecule has 2 aromatic rings. The monoisotopic (exact) mass is 284 g/mol. The highest BCUT2D eigenvalue weighted by molar-refractivity contribution is 5.38. The fraction of sp³-hybridized carbons (Fsp3) is 0.294. The van der Waals surface area contributed by atoms with Gasteiger partial charge >= 0.3 is 0 Å². The zero-order valence-corrected chi connectivity index (χ0v) is 12.1. The van der Waals surface area contributed by atoms with Crippen LogP contribution in [0.2, 0.25) is 0 Å². The predicted octanol–water partition coefficient (Wildman–Crippen LogP) is 2.47. The van der Waals surface area contributed by atoms with E-state index < -0.39 is 0 Å². The summed E-state index contributed by atoms with van der Waals surface area (Å²) in [4.78, 5) is 0. The predicted molar refractivity (Wildman–Crippen MR) is 81.7 cm³/mol. The quantitative estimate of drug-likeness (QED) is 0.654. The first kappa shape index (κ1) is 14.1. The molecule has 110 valence electrons. The topological polar surface area (TPSA) is 56.5 Å². The molecule has 0 aromatic heterocycles. The summed E-state index contributed by atoms with van der Waals surface area (Å²) in [5.74, 6) is 6.66. The van der Waals surface area contributed by atoms with Gasteiger partial charge in [0.25, 0.3) is 0 Å². The van der Waals surface area contributed by atoms with E-state index in [0.29, 0.717) is 13.2 Å². The number of rotatable bonds is 5. The minimum Gasteiger partial charge on any atom is -0.496 e. The van der Waals surface area contributed by atoms with Crippen molar-refractivity contribution in [1.29, 1.82) is 0 Å². The molecular formula is C17H20N2O2. The van der Waals surface area contributed by atoms with Crippen molar-refractivity contribution in [2.75, 3.05) is 7.11 Å². The van der Waals surface area contributed by atoms with Crippen LogP contribution in [-0.2, 0) is 24.4 Å². The molecule has 1 aliphatic rings. The fourth-order valence-electron chi connectivity index (χ4n) is 2.77. The van der Waals surface area contributed by atoms with Crippen LogP contribution in [0, 0.1) is 0 Å². The minimum absolute atomic E-state index is 0.0483. The normalized spacial score (nSPS) is 14.8. The Balaban J connectivity index is 1.85. The highest BCUT2D eigenvalue weighted by Gasteiger charge is 2.17. The number of hydrogen-bond acceptors (Lipinski definition) is 4. The summed E-state index contributed by atoms with van der Waals surface area (Å²) in [6.45, 7) is 1.40. The largest absolute Gasteiger partial charge is 0.496 e. The van der Waals surface area contributed by atoms with Crippen molar-refractivity contribution >= 4 is 0 Å². The number of nitrogens with two attached hydrogens (primary N) is 1. The maximum atomic E-state index is 5.77. The van der Waals surface area contributed by atoms with Gasteiger partial charge < -0.3 is 9.47 Å². The van der Waals surface area contributed by atoms with E-state index >= 15 is 0 Å². The van der Waals surface area contributed by atoms with Gasteiger partial charge in [0.15, 0.2) is 0 Å². The standard InChI is InChI=1S/C17H20N2O2/c1-20-17-5-3-2-4-13(17)9-16(19-18)12-6-7-14-10-21-11-15(14)8-12/h2-8,16,19H,9-11,18H2,1H3. The van der Waals surface area contributed by atoms with Crippen molar-refractivity contribution < 1.29 is 9.47 Å². The van der Waals surface area contributed by atoms with Crippen LogP contribution in [0.1, 0.15) is 28.3 Å². The van der Waals surface area contributed by atoms with Gasteiger partial charge in [0.05, 0.1) is 26.4 Å². The first-order valence-corrected chi connectivity index (χ1v) is 7.09. The van der Waals surface area contributed by atoms with Crippen molar-refractivity contribution in [2.24, 2.45) is 5.84 Å². The lowest BCUT2D eigenvalue weighted by Crippen LogP contribution is -2.29. The van der Waals surface area contributed by atoms with Gasteiger partial charge in [-0.1, -0.05) is 36.4 Å². The average molecular weight is 284 g/mol. The summed E-state index contributed by atoms with van der Waals surface area (Å²) in [6, 6.07) is 14.5. The molecule has 3 N–H and O–H groups in total. The molecule has 4 heteroatoms. The second-order valence-electron chi connectivity index (χ2n) is 5.26. The summed E-state index contributed by atoms with van der Waals surface area (Å²) >= 11 is 0. The molecule has 2 aromatic carbocycles. The summed E-state index contributed by atoms with van der Waals surface area (Å²) in [6.07, 6.45) is 0.778. The number of methoxy groups -OCH3 is 1. The number of hydrogen-bond donors (Lipinski definition) is 2. The van der Waals surface area contributed by atoms with Crippen molar-refractivity contribution in [3.05, 3.63) is 64.7 Å². The Labute approximate surface area is 124 Å². The Kier molecular flexibility index (Phi) is 4.20. The molecule has 1 aliphatic heterocycles. The molecule has 0 saturated carbocycles. The maximum Gasteiger partial charge on any atom is 0.122 e. The number of nitrogens with one attached hydrogen (secondary N) is 1. The van der Waals surface area contributed by atoms with Gasteiger partial charge in [-0.15, -0.1) is 0 Å². The van der Waals surface area contributed by atoms with E-state index in [1.807, 2.05) is 18.2 Å². The van der Waals surface area contributed by atoms with Crippen LogP contribution in [0.4, 0.5) is 0 Å². The third-order valence-electron chi connectivity index (χ3n) is 3.97. The number of benzene rings is 2. The smallest absolute Gasteiger partial charge is 0.122 e. The molecule has 0 saturated heterocycles. The van der Waals surface area contributed by atoms with Gasteiger partial charge in [-0.2, -0.15) is 0 Å². The molecule has 21 heavy (non-hydrogen) atoms. The second-order valence-corrected chi connectivity index (χ2v) is 5.26. The molecule has 4 nitrogen and oxygen atoms in total. The third-order valence-corrected chi connectivity index (χ3v) is 3.97. The molecule has 3 rings (SSSR count). The Morgan fingerprint density at radius 1 is 1.19 bits per heavy atom. The van der Waals surface area contributed by atoms with Crippen molar-refractivity contribution in [1.82, 2.24) is 5.43 Å². The number of fused-ring (bicyclic) bond motifs is 1. The lowest BCUT2D eigenvalue weighted by Gasteiger charge is -2.18. The van der Waals surface area contributed by atoms with Crippen LogP contribution >= 0.6 is 0 Å². The summed E-state index contributed by atoms with van der Waals surface area (Å²) < 4.78 is 10.9. The van der Waals surface area contributed by atoms with Gasteiger partial charge in [-0.25, -0.2) is 0 Å². The zero-order valence-electron chi connectivity index (χ0n) is 12.1. The second kappa shape index (κ2) is 6.26. The zero-order chi connectivity index (χ0) is 14.7. The fourth-order valence-corrected chi connectivity index (χ4v) is 2.77. The van der Waals surface area contributed by atoms with Gasteiger partial charge in [0.2, 0.25) is 0 Å². The van der Waals surface area contributed by atoms with Crippen LogP contribution in [0.25, 0.3) is 0 Å². The average Bonchev–Trinajstić information content (AvgIpc) is 3.00. The first-order chi connectivity index (χ1) is 10.3. The van der Waals surface area contributed by atoms with E-state index in [0.717, 1.165) is 17.7 Å². The molecule has 0 fully saturated rings. The van der Waals surface area contributed by atoms with Crippen molar-refractivity contribution in [3.8, 4) is 5.75 Å². The molecular weight excluding hydrogens is 264 g/mol. The highest BCUT2D eigenvalue weighted by atomic mass is 16.5. The van der Waals surface area contributed by atoms with Crippen LogP contribution in [0.15, 0.2) is 42.5 Å². The van der Waals surface area contributed by atoms with E-state index in [9.17, 15) is 0 Å². The molecule has 0 bridgehead atoms. The number of para-hydroxylation sites is 1. The molecule has 0 amide bonds. The van der Waals surface area contributed by atoms with E-state index in [1.165, 1.54) is 16.7 Å². The Bertz CT molecular complexity index is 628. The maximum absolute atomic E-state index is 5.77. The molecule has 0 radical (unpaired) electrons. The lowest BCUT2D eigenvalue weighted by atomic mass is 9.96. The van der Waals surface area contributed by atoms with Crippen molar-refractivity contribution in [2.45, 2.75) is 25.7 Å². The lowest BCUT2D eigenvalue weighted by molar-refractivity contribution is 0.134. The molecule has 1 atom stereocenters. The van der Waals surface area contributed by atoms with Gasteiger partial charge in [-0.3, -0.25) is 11.3 Å². The van der Waals surface area contributed by atoms with Crippen LogP contribution in [0.5, 0.6) is 5.75 Å². The van der Waals surface area contributed by atoms with E-state index in [-0.39, 0.29) is 6.04 Å². The summed E-state index contributed by atoms with van der Waals surface area (Å²) in [5.41, 5.74) is 7.75. The van der Waals surface area contributed by atoms with Gasteiger partial charge in [-0.05, 0) is 34.7 Å². The minimum atomic E-state index is 0.0483. The summed E-state index contributed by atoms with van der Waals surface area (Å²) in [5, 5.41) is 0.